The number of thiol groups is 1. The van der Waals surface area contributed by atoms with Crippen LogP contribution in [0.5, 0.6) is 0 Å². The number of carbonyl (C=O) groups is 1. The summed E-state index contributed by atoms with van der Waals surface area (Å²) in [5, 5.41) is 0.862. The molecule has 1 atom stereocenters. The third-order valence-electron chi connectivity index (χ3n) is 3.33. The lowest BCUT2D eigenvalue weighted by Crippen LogP contribution is -2.16. The van der Waals surface area contributed by atoms with E-state index in [1.54, 1.807) is 6.20 Å². The maximum Gasteiger partial charge on any atom is 0.311 e. The number of hydrogen-bond acceptors (Lipinski definition) is 4. The van der Waals surface area contributed by atoms with E-state index < -0.39 is 0 Å². The second kappa shape index (κ2) is 7.70. The number of nitrogens with zero attached hydrogens (tertiary/aromatic N) is 2. The van der Waals surface area contributed by atoms with Gasteiger partial charge in [-0.2, -0.15) is 12.6 Å². The van der Waals surface area contributed by atoms with Gasteiger partial charge in [-0.15, -0.1) is 0 Å². The third kappa shape index (κ3) is 4.27. The van der Waals surface area contributed by atoms with Gasteiger partial charge in [-0.05, 0) is 11.6 Å². The van der Waals surface area contributed by atoms with E-state index in [-0.39, 0.29) is 17.6 Å². The van der Waals surface area contributed by atoms with Crippen molar-refractivity contribution in [2.24, 2.45) is 0 Å². The fraction of sp³-hybridized carbons (Fsp3) is 0.375. The molecule has 0 amide bonds. The van der Waals surface area contributed by atoms with E-state index in [1.165, 1.54) is 7.11 Å². The minimum absolute atomic E-state index is 0.149. The van der Waals surface area contributed by atoms with E-state index >= 15 is 0 Å². The van der Waals surface area contributed by atoms with Crippen molar-refractivity contribution in [3.63, 3.8) is 0 Å². The van der Waals surface area contributed by atoms with Crippen LogP contribution in [-0.2, 0) is 28.9 Å². The van der Waals surface area contributed by atoms with Crippen LogP contribution in [0.1, 0.15) is 24.0 Å². The monoisotopic (exact) mass is 338 g/mol. The van der Waals surface area contributed by atoms with Crippen molar-refractivity contribution in [2.45, 2.75) is 31.6 Å². The van der Waals surface area contributed by atoms with E-state index in [0.29, 0.717) is 18.0 Å². The van der Waals surface area contributed by atoms with E-state index in [0.717, 1.165) is 17.1 Å². The second-order valence-electron chi connectivity index (χ2n) is 5.15. The Labute approximate surface area is 140 Å². The summed E-state index contributed by atoms with van der Waals surface area (Å²) in [5.41, 5.74) is 1.84. The Morgan fingerprint density at radius 1 is 1.45 bits per heavy atom. The van der Waals surface area contributed by atoms with Gasteiger partial charge in [-0.25, -0.2) is 4.98 Å². The van der Waals surface area contributed by atoms with E-state index in [4.69, 9.17) is 16.3 Å². The Bertz CT molecular complexity index is 655. The molecule has 2 aromatic rings. The molecule has 0 fully saturated rings. The van der Waals surface area contributed by atoms with Gasteiger partial charge in [0.05, 0.1) is 13.5 Å². The van der Waals surface area contributed by atoms with Gasteiger partial charge in [0.25, 0.3) is 0 Å². The average molecular weight is 339 g/mol. The van der Waals surface area contributed by atoms with E-state index in [9.17, 15) is 4.79 Å². The van der Waals surface area contributed by atoms with Gasteiger partial charge < -0.3 is 9.30 Å². The molecule has 0 saturated carbocycles. The molecular weight excluding hydrogens is 320 g/mol. The van der Waals surface area contributed by atoms with Gasteiger partial charge >= 0.3 is 5.97 Å². The number of benzene rings is 1. The van der Waals surface area contributed by atoms with Gasteiger partial charge in [0, 0.05) is 35.1 Å². The first-order chi connectivity index (χ1) is 10.5. The summed E-state index contributed by atoms with van der Waals surface area (Å²) in [6, 6.07) is 7.69. The van der Waals surface area contributed by atoms with Gasteiger partial charge in [-0.3, -0.25) is 4.79 Å². The van der Waals surface area contributed by atoms with Gasteiger partial charge in [0.1, 0.15) is 5.82 Å². The summed E-state index contributed by atoms with van der Waals surface area (Å²) in [6.45, 7) is 2.68. The second-order valence-corrected chi connectivity index (χ2v) is 6.44. The van der Waals surface area contributed by atoms with Crippen LogP contribution in [0, 0.1) is 0 Å². The fourth-order valence-corrected chi connectivity index (χ4v) is 2.62. The molecule has 0 N–H and O–H groups in total. The lowest BCUT2D eigenvalue weighted by Gasteiger charge is -2.14. The van der Waals surface area contributed by atoms with Gasteiger partial charge in [-0.1, -0.05) is 36.7 Å². The molecule has 1 unspecified atom stereocenters. The molecule has 2 rings (SSSR count). The van der Waals surface area contributed by atoms with Crippen LogP contribution in [0.4, 0.5) is 0 Å². The molecule has 1 aromatic heterocycles. The summed E-state index contributed by atoms with van der Waals surface area (Å²) in [7, 11) is 1.38. The van der Waals surface area contributed by atoms with Crippen molar-refractivity contribution in [1.82, 2.24) is 9.55 Å². The molecule has 0 bridgehead atoms. The zero-order chi connectivity index (χ0) is 16.1. The maximum atomic E-state index is 11.5. The first-order valence-electron chi connectivity index (χ1n) is 7.02. The summed E-state index contributed by atoms with van der Waals surface area (Å²) >= 11 is 10.7. The van der Waals surface area contributed by atoms with E-state index in [2.05, 4.69) is 17.6 Å². The molecule has 0 aliphatic rings. The summed E-state index contributed by atoms with van der Waals surface area (Å²) in [5.74, 6) is 0.588. The molecule has 1 heterocycles. The van der Waals surface area contributed by atoms with Crippen LogP contribution < -0.4 is 0 Å². The number of halogens is 1. The average Bonchev–Trinajstić information content (AvgIpc) is 2.83. The molecule has 1 aromatic carbocycles. The predicted octanol–water partition coefficient (Wildman–Crippen LogP) is 3.16. The number of carbonyl (C=O) groups excluding carboxylic acids is 1. The van der Waals surface area contributed by atoms with Crippen molar-refractivity contribution >= 4 is 30.2 Å². The van der Waals surface area contributed by atoms with Crippen LogP contribution in [0.3, 0.4) is 0 Å². The number of rotatable bonds is 6. The molecule has 0 aliphatic heterocycles. The maximum absolute atomic E-state index is 11.5. The number of esters is 1. The molecular formula is C16H19ClN2O2S. The molecule has 118 valence electrons. The lowest BCUT2D eigenvalue weighted by molar-refractivity contribution is -0.139. The van der Waals surface area contributed by atoms with Crippen molar-refractivity contribution < 1.29 is 9.53 Å². The first kappa shape index (κ1) is 16.9. The van der Waals surface area contributed by atoms with Crippen LogP contribution in [0.2, 0.25) is 5.02 Å². The Morgan fingerprint density at radius 3 is 2.82 bits per heavy atom. The van der Waals surface area contributed by atoms with Gasteiger partial charge in [0.15, 0.2) is 0 Å². The molecule has 4 nitrogen and oxygen atoms in total. The highest BCUT2D eigenvalue weighted by Crippen LogP contribution is 2.20. The van der Waals surface area contributed by atoms with Crippen molar-refractivity contribution in [3.8, 4) is 0 Å². The first-order valence-corrected chi connectivity index (χ1v) is 7.92. The smallest absolute Gasteiger partial charge is 0.311 e. The molecule has 22 heavy (non-hydrogen) atoms. The summed E-state index contributed by atoms with van der Waals surface area (Å²) < 4.78 is 6.77. The highest BCUT2D eigenvalue weighted by atomic mass is 35.5. The van der Waals surface area contributed by atoms with E-state index in [1.807, 2.05) is 35.8 Å². The summed E-state index contributed by atoms with van der Waals surface area (Å²) in [4.78, 5) is 16.0. The molecule has 0 radical (unpaired) electrons. The molecule has 0 saturated heterocycles. The topological polar surface area (TPSA) is 44.1 Å². The fourth-order valence-electron chi connectivity index (χ4n) is 2.26. The SMILES string of the molecule is COC(=O)Cc1cnc(Cc2ccccc2Cl)n1CC(C)S. The molecule has 0 aliphatic carbocycles. The van der Waals surface area contributed by atoms with Crippen LogP contribution in [0.15, 0.2) is 30.5 Å². The number of hydrogen-bond donors (Lipinski definition) is 1. The largest absolute Gasteiger partial charge is 0.469 e. The number of methoxy groups -OCH3 is 1. The van der Waals surface area contributed by atoms with Crippen molar-refractivity contribution in [3.05, 3.63) is 52.6 Å². The van der Waals surface area contributed by atoms with Crippen LogP contribution >= 0.6 is 24.2 Å². The minimum Gasteiger partial charge on any atom is -0.469 e. The molecule has 0 spiro atoms. The number of ether oxygens (including phenoxy) is 1. The van der Waals surface area contributed by atoms with Gasteiger partial charge in [0.2, 0.25) is 0 Å². The lowest BCUT2D eigenvalue weighted by atomic mass is 10.1. The third-order valence-corrected chi connectivity index (χ3v) is 3.86. The Balaban J connectivity index is 2.30. The summed E-state index contributed by atoms with van der Waals surface area (Å²) in [6.07, 6.45) is 2.53. The predicted molar refractivity (Wildman–Crippen MR) is 90.7 cm³/mol. The van der Waals surface area contributed by atoms with Crippen molar-refractivity contribution in [2.75, 3.05) is 7.11 Å². The normalized spacial score (nSPS) is 12.2. The van der Waals surface area contributed by atoms with Crippen LogP contribution in [0.25, 0.3) is 0 Å². The quantitative estimate of drug-likeness (QED) is 0.650. The van der Waals surface area contributed by atoms with Crippen molar-refractivity contribution in [1.29, 1.82) is 0 Å². The highest BCUT2D eigenvalue weighted by Gasteiger charge is 2.15. The zero-order valence-corrected chi connectivity index (χ0v) is 14.3. The highest BCUT2D eigenvalue weighted by molar-refractivity contribution is 7.80. The number of aromatic nitrogens is 2. The number of imidazole rings is 1. The Hall–Kier alpha value is -1.46. The Morgan fingerprint density at radius 2 is 2.18 bits per heavy atom. The van der Waals surface area contributed by atoms with Crippen LogP contribution in [-0.4, -0.2) is 27.9 Å². The molecule has 6 heteroatoms. The zero-order valence-electron chi connectivity index (χ0n) is 12.6. The standard InChI is InChI=1S/C16H19ClN2O2S/c1-11(22)10-19-13(8-16(20)21-2)9-18-15(19)7-12-5-3-4-6-14(12)17/h3-6,9,11,22H,7-8,10H2,1-2H3. The minimum atomic E-state index is -0.280. The Kier molecular flexibility index (Phi) is 5.91.